The lowest BCUT2D eigenvalue weighted by atomic mass is 10.1. The van der Waals surface area contributed by atoms with Gasteiger partial charge in [-0.2, -0.15) is 0 Å². The quantitative estimate of drug-likeness (QED) is 0.0672. The van der Waals surface area contributed by atoms with Gasteiger partial charge in [0.25, 0.3) is 0 Å². The van der Waals surface area contributed by atoms with E-state index in [2.05, 4.69) is 95.3 Å². The minimum atomic E-state index is -2.86. The smallest absolute Gasteiger partial charge is 0.247 e. The number of hydrogen-bond donors (Lipinski definition) is 1. The molecule has 0 aliphatic carbocycles. The van der Waals surface area contributed by atoms with E-state index in [1.165, 1.54) is 22.8 Å². The first-order valence-corrected chi connectivity index (χ1v) is 28.6. The summed E-state index contributed by atoms with van der Waals surface area (Å²) in [7, 11) is 0. The van der Waals surface area contributed by atoms with E-state index in [0.717, 1.165) is 25.7 Å². The molecule has 6 unspecified atom stereocenters. The van der Waals surface area contributed by atoms with E-state index >= 15 is 0 Å². The minimum absolute atomic E-state index is 0.0111. The molecule has 6 atom stereocenters. The second-order valence-corrected chi connectivity index (χ2v) is 31.7. The average molecular weight is 807 g/mol. The first kappa shape index (κ1) is 47.8. The monoisotopic (exact) mass is 806 g/mol. The predicted molar refractivity (Wildman–Crippen MR) is 218 cm³/mol. The Kier molecular flexibility index (Phi) is 24.8. The average Bonchev–Trinajstić information content (AvgIpc) is 2.78. The molecule has 15 heteroatoms. The minimum Gasteiger partial charge on any atom is -0.319 e. The van der Waals surface area contributed by atoms with Crippen molar-refractivity contribution in [3.63, 3.8) is 0 Å². The predicted octanol–water partition coefficient (Wildman–Crippen LogP) is 12.7. The van der Waals surface area contributed by atoms with Gasteiger partial charge in [0.05, 0.1) is 36.6 Å². The molecule has 0 saturated carbocycles. The molecular formula is C30H65O6P3S6. The molecule has 6 nitrogen and oxygen atoms in total. The van der Waals surface area contributed by atoms with Crippen LogP contribution >= 0.6 is 52.1 Å². The molecule has 45 heavy (non-hydrogen) atoms. The molecule has 0 aromatic rings. The van der Waals surface area contributed by atoms with Crippen LogP contribution in [-0.4, -0.2) is 48.1 Å². The molecule has 0 saturated heterocycles. The van der Waals surface area contributed by atoms with Crippen molar-refractivity contribution in [1.82, 2.24) is 0 Å². The topological polar surface area (TPSA) is 55.4 Å². The summed E-state index contributed by atoms with van der Waals surface area (Å²) in [5.74, 6) is 3.16. The molecule has 0 bridgehead atoms. The van der Waals surface area contributed by atoms with Gasteiger partial charge in [0.1, 0.15) is 0 Å². The Bertz CT molecular complexity index is 843. The van der Waals surface area contributed by atoms with Crippen molar-refractivity contribution in [3.05, 3.63) is 0 Å². The fourth-order valence-electron chi connectivity index (χ4n) is 4.81. The third kappa shape index (κ3) is 25.4. The second kappa shape index (κ2) is 23.3. The highest BCUT2D eigenvalue weighted by Gasteiger charge is 2.31. The van der Waals surface area contributed by atoms with Crippen LogP contribution in [0.1, 0.15) is 123 Å². The summed E-state index contributed by atoms with van der Waals surface area (Å²) >= 11 is 25.5. The molecule has 0 heterocycles. The molecule has 0 N–H and O–H groups in total. The molecule has 0 amide bonds. The summed E-state index contributed by atoms with van der Waals surface area (Å²) in [4.78, 5) is 0. The molecule has 0 aromatic heterocycles. The van der Waals surface area contributed by atoms with Crippen LogP contribution in [-0.2, 0) is 62.6 Å². The molecular weight excluding hydrogens is 742 g/mol. The van der Waals surface area contributed by atoms with Crippen molar-refractivity contribution in [2.24, 2.45) is 23.7 Å². The van der Waals surface area contributed by atoms with Crippen LogP contribution in [0.3, 0.4) is 0 Å². The van der Waals surface area contributed by atoms with Gasteiger partial charge in [-0.05, 0) is 126 Å². The van der Waals surface area contributed by atoms with Crippen molar-refractivity contribution in [2.75, 3.05) is 11.5 Å². The summed E-state index contributed by atoms with van der Waals surface area (Å²) in [6.07, 6.45) is 3.23. The van der Waals surface area contributed by atoms with E-state index in [9.17, 15) is 0 Å². The lowest BCUT2D eigenvalue weighted by Crippen LogP contribution is -2.17. The van der Waals surface area contributed by atoms with Gasteiger partial charge in [0, 0.05) is 11.5 Å². The highest BCUT2D eigenvalue weighted by Crippen LogP contribution is 2.66. The third-order valence-electron chi connectivity index (χ3n) is 6.01. The Hall–Kier alpha value is 2.76. The number of thiol groups is 1. The van der Waals surface area contributed by atoms with Gasteiger partial charge in [-0.1, -0.05) is 90.4 Å². The van der Waals surface area contributed by atoms with Gasteiger partial charge in [-0.15, -0.1) is 0 Å². The van der Waals surface area contributed by atoms with Crippen LogP contribution in [0, 0.1) is 23.7 Å². The summed E-state index contributed by atoms with van der Waals surface area (Å²) in [5.41, 5.74) is -8.10. The lowest BCUT2D eigenvalue weighted by molar-refractivity contribution is 0.143. The van der Waals surface area contributed by atoms with Crippen molar-refractivity contribution >= 4 is 87.5 Å². The zero-order valence-electron chi connectivity index (χ0n) is 30.3. The molecule has 0 radical (unpaired) electrons. The van der Waals surface area contributed by atoms with Crippen LogP contribution in [0.15, 0.2) is 0 Å². The van der Waals surface area contributed by atoms with Crippen molar-refractivity contribution < 1.29 is 27.1 Å². The van der Waals surface area contributed by atoms with E-state index < -0.39 is 17.1 Å². The first-order valence-electron chi connectivity index (χ1n) is 16.4. The normalized spacial score (nSPS) is 20.9. The highest BCUT2D eigenvalue weighted by atomic mass is 32.9. The maximum atomic E-state index is 6.42. The van der Waals surface area contributed by atoms with E-state index in [4.69, 9.17) is 62.6 Å². The second-order valence-electron chi connectivity index (χ2n) is 14.0. The van der Waals surface area contributed by atoms with Crippen molar-refractivity contribution in [1.29, 1.82) is 0 Å². The maximum absolute atomic E-state index is 6.42. The zero-order valence-corrected chi connectivity index (χ0v) is 38.0. The molecule has 0 aliphatic rings. The third-order valence-corrected chi connectivity index (χ3v) is 19.4. The molecule has 0 aromatic carbocycles. The Balaban J connectivity index is 5.33. The summed E-state index contributed by atoms with van der Waals surface area (Å²) in [6, 6.07) is 0. The Morgan fingerprint density at radius 2 is 0.644 bits per heavy atom. The van der Waals surface area contributed by atoms with E-state index in [0.29, 0.717) is 35.2 Å². The molecule has 0 aliphatic heterocycles. The molecule has 0 spiro atoms. The number of rotatable bonds is 26. The van der Waals surface area contributed by atoms with Crippen molar-refractivity contribution in [3.8, 4) is 0 Å². The first-order chi connectivity index (χ1) is 20.4. The van der Waals surface area contributed by atoms with Gasteiger partial charge in [0.2, 0.25) is 17.1 Å². The SMILES string of the molecule is CC(C)CC(C)OP(=S)(OC(C)CC(C)C)SCC(C)OP(=S)(S)OC(C)CSP(=S)(OC(C)CC(C)C)OC(C)CC(C)C. The number of hydrogen-bond acceptors (Lipinski definition) is 11. The Morgan fingerprint density at radius 1 is 0.422 bits per heavy atom. The van der Waals surface area contributed by atoms with Crippen LogP contribution in [0.25, 0.3) is 0 Å². The lowest BCUT2D eigenvalue weighted by Gasteiger charge is -2.31. The zero-order chi connectivity index (χ0) is 35.2. The van der Waals surface area contributed by atoms with E-state index in [1.807, 2.05) is 13.8 Å². The molecule has 272 valence electrons. The van der Waals surface area contributed by atoms with Crippen LogP contribution in [0.4, 0.5) is 0 Å². The fourth-order valence-corrected chi connectivity index (χ4v) is 19.0. The highest BCUT2D eigenvalue weighted by molar-refractivity contribution is 8.68. The van der Waals surface area contributed by atoms with Gasteiger partial charge in [-0.25, -0.2) is 0 Å². The maximum Gasteiger partial charge on any atom is 0.247 e. The van der Waals surface area contributed by atoms with E-state index in [1.54, 1.807) is 0 Å². The Morgan fingerprint density at radius 3 is 0.844 bits per heavy atom. The molecule has 0 rings (SSSR count). The largest absolute Gasteiger partial charge is 0.319 e. The van der Waals surface area contributed by atoms with E-state index in [-0.39, 0.29) is 36.6 Å². The van der Waals surface area contributed by atoms with Crippen molar-refractivity contribution in [2.45, 2.75) is 159 Å². The van der Waals surface area contributed by atoms with Crippen LogP contribution in [0.2, 0.25) is 0 Å². The van der Waals surface area contributed by atoms with Crippen LogP contribution < -0.4 is 0 Å². The summed E-state index contributed by atoms with van der Waals surface area (Å²) in [5, 5.41) is 0. The Labute approximate surface area is 307 Å². The molecule has 0 fully saturated rings. The summed E-state index contributed by atoms with van der Waals surface area (Å²) in [6.45, 7) is 29.7. The van der Waals surface area contributed by atoms with Crippen LogP contribution in [0.5, 0.6) is 0 Å². The van der Waals surface area contributed by atoms with Gasteiger partial charge in [-0.3, -0.25) is 0 Å². The summed E-state index contributed by atoms with van der Waals surface area (Å²) < 4.78 is 38.1. The standard InChI is InChI=1S/C30H65O6P3S6/c1-21(2)15-25(9)33-38(42,34-26(10)16-22(3)4)44-19-29(13)31-37(40,41)32-30(14)20-45-39(43,35-27(11)17-23(5)6)36-28(12)18-24(7)8/h21-30H,15-20H2,1-14H3,(H,40,41). The van der Waals surface area contributed by atoms with Gasteiger partial charge >= 0.3 is 0 Å². The fraction of sp³-hybridized carbons (Fsp3) is 1.00. The van der Waals surface area contributed by atoms with Gasteiger partial charge < -0.3 is 27.1 Å². The van der Waals surface area contributed by atoms with Gasteiger partial charge in [0.15, 0.2) is 0 Å².